The van der Waals surface area contributed by atoms with Gasteiger partial charge in [0.2, 0.25) is 0 Å². The number of rotatable bonds is 2. The maximum absolute atomic E-state index is 11.6. The molecular formula is C10H13BrO2. The molecule has 1 saturated carbocycles. The molecule has 0 aromatic heterocycles. The summed E-state index contributed by atoms with van der Waals surface area (Å²) in [6.45, 7) is 1.75. The van der Waals surface area contributed by atoms with E-state index >= 15 is 0 Å². The molecule has 0 aromatic rings. The quantitative estimate of drug-likeness (QED) is 0.701. The number of allylic oxidation sites excluding steroid dienone is 1. The summed E-state index contributed by atoms with van der Waals surface area (Å²) in [6.07, 6.45) is 4.18. The van der Waals surface area contributed by atoms with E-state index in [1.165, 1.54) is 0 Å². The average molecular weight is 245 g/mol. The molecule has 13 heavy (non-hydrogen) atoms. The third-order valence-corrected chi connectivity index (χ3v) is 3.03. The Kier molecular flexibility index (Phi) is 3.42. The molecule has 0 heterocycles. The van der Waals surface area contributed by atoms with Gasteiger partial charge in [0.1, 0.15) is 11.6 Å². The zero-order valence-electron chi connectivity index (χ0n) is 7.68. The number of ketones is 2. The summed E-state index contributed by atoms with van der Waals surface area (Å²) in [6, 6.07) is 0. The van der Waals surface area contributed by atoms with Crippen LogP contribution in [0.3, 0.4) is 0 Å². The standard InChI is InChI=1S/C10H13BrO2/c1-10(6-3-7-11)8(12)4-2-5-9(10)13/h3,7H,2,4-6H2,1H3/b7-3-. The zero-order valence-corrected chi connectivity index (χ0v) is 9.26. The Labute approximate surface area is 86.5 Å². The Hall–Kier alpha value is -0.440. The van der Waals surface area contributed by atoms with E-state index in [-0.39, 0.29) is 11.6 Å². The van der Waals surface area contributed by atoms with Crippen molar-refractivity contribution in [3.8, 4) is 0 Å². The smallest absolute Gasteiger partial charge is 0.146 e. The van der Waals surface area contributed by atoms with Gasteiger partial charge in [-0.2, -0.15) is 0 Å². The Balaban J connectivity index is 2.81. The van der Waals surface area contributed by atoms with E-state index in [9.17, 15) is 9.59 Å². The molecule has 0 unspecified atom stereocenters. The molecule has 1 fully saturated rings. The van der Waals surface area contributed by atoms with Gasteiger partial charge in [0.25, 0.3) is 0 Å². The lowest BCUT2D eigenvalue weighted by Crippen LogP contribution is -2.39. The molecule has 3 heteroatoms. The summed E-state index contributed by atoms with van der Waals surface area (Å²) in [5.74, 6) is 0.184. The highest BCUT2D eigenvalue weighted by Gasteiger charge is 2.41. The summed E-state index contributed by atoms with van der Waals surface area (Å²) in [5, 5.41) is 0. The second kappa shape index (κ2) is 4.18. The predicted octanol–water partition coefficient (Wildman–Crippen LogP) is 2.61. The van der Waals surface area contributed by atoms with Crippen LogP contribution in [0.2, 0.25) is 0 Å². The number of hydrogen-bond donors (Lipinski definition) is 0. The number of hydrogen-bond acceptors (Lipinski definition) is 2. The molecule has 2 nitrogen and oxygen atoms in total. The Morgan fingerprint density at radius 3 is 2.38 bits per heavy atom. The minimum absolute atomic E-state index is 0.0920. The van der Waals surface area contributed by atoms with E-state index < -0.39 is 5.41 Å². The molecular weight excluding hydrogens is 232 g/mol. The van der Waals surface area contributed by atoms with Crippen molar-refractivity contribution in [2.45, 2.75) is 32.6 Å². The third kappa shape index (κ3) is 2.08. The van der Waals surface area contributed by atoms with Gasteiger partial charge in [0.15, 0.2) is 0 Å². The van der Waals surface area contributed by atoms with Crippen LogP contribution >= 0.6 is 15.9 Å². The number of carbonyl (C=O) groups excluding carboxylic acids is 2. The SMILES string of the molecule is CC1(C/C=C\Br)C(=O)CCCC1=O. The fraction of sp³-hybridized carbons (Fsp3) is 0.600. The first-order valence-corrected chi connectivity index (χ1v) is 5.34. The van der Waals surface area contributed by atoms with Crippen LogP contribution in [0.25, 0.3) is 0 Å². The van der Waals surface area contributed by atoms with Crippen LogP contribution in [0, 0.1) is 5.41 Å². The molecule has 0 aliphatic heterocycles. The maximum atomic E-state index is 11.6. The lowest BCUT2D eigenvalue weighted by molar-refractivity contribution is -0.142. The highest BCUT2D eigenvalue weighted by atomic mass is 79.9. The summed E-state index contributed by atoms with van der Waals surface area (Å²) in [5.41, 5.74) is -0.747. The molecule has 0 N–H and O–H groups in total. The topological polar surface area (TPSA) is 34.1 Å². The number of carbonyl (C=O) groups is 2. The summed E-state index contributed by atoms with van der Waals surface area (Å²) >= 11 is 3.14. The van der Waals surface area contributed by atoms with Crippen LogP contribution in [-0.2, 0) is 9.59 Å². The van der Waals surface area contributed by atoms with Gasteiger partial charge in [0, 0.05) is 12.8 Å². The molecule has 1 aliphatic carbocycles. The van der Waals surface area contributed by atoms with Crippen molar-refractivity contribution in [1.82, 2.24) is 0 Å². The third-order valence-electron chi connectivity index (χ3n) is 2.65. The first-order chi connectivity index (χ1) is 6.11. The van der Waals surface area contributed by atoms with Gasteiger partial charge in [-0.3, -0.25) is 9.59 Å². The monoisotopic (exact) mass is 244 g/mol. The Morgan fingerprint density at radius 1 is 1.38 bits per heavy atom. The van der Waals surface area contributed by atoms with E-state index in [1.54, 1.807) is 11.9 Å². The molecule has 72 valence electrons. The lowest BCUT2D eigenvalue weighted by Gasteiger charge is -2.29. The average Bonchev–Trinajstić information content (AvgIpc) is 2.11. The molecule has 0 saturated heterocycles. The largest absolute Gasteiger partial charge is 0.299 e. The lowest BCUT2D eigenvalue weighted by atomic mass is 9.71. The Morgan fingerprint density at radius 2 is 1.92 bits per heavy atom. The maximum Gasteiger partial charge on any atom is 0.146 e. The van der Waals surface area contributed by atoms with Gasteiger partial charge in [-0.15, -0.1) is 0 Å². The van der Waals surface area contributed by atoms with Crippen LogP contribution in [0.5, 0.6) is 0 Å². The van der Waals surface area contributed by atoms with E-state index in [0.29, 0.717) is 19.3 Å². The summed E-state index contributed by atoms with van der Waals surface area (Å²) in [4.78, 5) is 24.8. The molecule has 0 spiro atoms. The second-order valence-corrected chi connectivity index (χ2v) is 4.13. The minimum Gasteiger partial charge on any atom is -0.299 e. The van der Waals surface area contributed by atoms with Gasteiger partial charge >= 0.3 is 0 Å². The van der Waals surface area contributed by atoms with Crippen molar-refractivity contribution in [2.75, 3.05) is 0 Å². The Bertz CT molecular complexity index is 240. The van der Waals surface area contributed by atoms with E-state index in [4.69, 9.17) is 0 Å². The molecule has 0 radical (unpaired) electrons. The van der Waals surface area contributed by atoms with Crippen molar-refractivity contribution < 1.29 is 9.59 Å². The fourth-order valence-electron chi connectivity index (χ4n) is 1.62. The molecule has 0 atom stereocenters. The van der Waals surface area contributed by atoms with Gasteiger partial charge in [-0.05, 0) is 24.8 Å². The van der Waals surface area contributed by atoms with Crippen molar-refractivity contribution in [3.05, 3.63) is 11.1 Å². The van der Waals surface area contributed by atoms with E-state index in [1.807, 2.05) is 6.08 Å². The van der Waals surface area contributed by atoms with Crippen molar-refractivity contribution in [1.29, 1.82) is 0 Å². The normalized spacial score (nSPS) is 22.6. The first-order valence-electron chi connectivity index (χ1n) is 4.43. The predicted molar refractivity (Wildman–Crippen MR) is 54.7 cm³/mol. The fourth-order valence-corrected chi connectivity index (χ4v) is 1.81. The van der Waals surface area contributed by atoms with E-state index in [0.717, 1.165) is 6.42 Å². The van der Waals surface area contributed by atoms with Crippen LogP contribution in [0.1, 0.15) is 32.6 Å². The van der Waals surface area contributed by atoms with Crippen molar-refractivity contribution in [3.63, 3.8) is 0 Å². The summed E-state index contributed by atoms with van der Waals surface area (Å²) in [7, 11) is 0. The van der Waals surface area contributed by atoms with Crippen molar-refractivity contribution >= 4 is 27.5 Å². The number of halogens is 1. The molecule has 0 aromatic carbocycles. The van der Waals surface area contributed by atoms with Gasteiger partial charge < -0.3 is 0 Å². The van der Waals surface area contributed by atoms with Gasteiger partial charge in [-0.25, -0.2) is 0 Å². The van der Waals surface area contributed by atoms with Gasteiger partial charge in [0.05, 0.1) is 5.41 Å². The second-order valence-electron chi connectivity index (χ2n) is 3.60. The van der Waals surface area contributed by atoms with Crippen LogP contribution in [0.15, 0.2) is 11.1 Å². The zero-order chi connectivity index (χ0) is 9.90. The van der Waals surface area contributed by atoms with Crippen LogP contribution in [-0.4, -0.2) is 11.6 Å². The van der Waals surface area contributed by atoms with Crippen molar-refractivity contribution in [2.24, 2.45) is 5.41 Å². The highest BCUT2D eigenvalue weighted by Crippen LogP contribution is 2.33. The number of Topliss-reactive ketones (excluding diaryl/α,β-unsaturated/α-hetero) is 2. The molecule has 1 rings (SSSR count). The summed E-state index contributed by atoms with van der Waals surface area (Å²) < 4.78 is 0. The highest BCUT2D eigenvalue weighted by molar-refractivity contribution is 9.11. The van der Waals surface area contributed by atoms with E-state index in [2.05, 4.69) is 15.9 Å². The molecule has 0 amide bonds. The minimum atomic E-state index is -0.747. The van der Waals surface area contributed by atoms with Gasteiger partial charge in [-0.1, -0.05) is 22.0 Å². The molecule has 0 bridgehead atoms. The first kappa shape index (κ1) is 10.6. The molecule has 1 aliphatic rings. The van der Waals surface area contributed by atoms with Crippen LogP contribution in [0.4, 0.5) is 0 Å². The van der Waals surface area contributed by atoms with Crippen LogP contribution < -0.4 is 0 Å².